The van der Waals surface area contributed by atoms with E-state index >= 15 is 0 Å². The van der Waals surface area contributed by atoms with Crippen LogP contribution in [-0.4, -0.2) is 21.1 Å². The van der Waals surface area contributed by atoms with Gasteiger partial charge in [-0.25, -0.2) is 4.98 Å². The molecule has 4 rings (SSSR count). The maximum Gasteiger partial charge on any atom is 0.149 e. The maximum atomic E-state index is 9.84. The van der Waals surface area contributed by atoms with E-state index in [0.717, 1.165) is 39.4 Å². The molecule has 0 aliphatic carbocycles. The van der Waals surface area contributed by atoms with E-state index in [2.05, 4.69) is 66.5 Å². The summed E-state index contributed by atoms with van der Waals surface area (Å²) >= 11 is 0. The lowest BCUT2D eigenvalue weighted by molar-refractivity contribution is 0.340. The fraction of sp³-hybridized carbons (Fsp3) is 0.231. The minimum Gasteiger partial charge on any atom is -0.494 e. The SMILES string of the molecule is CCOc1ccc(-n2c(C)cc(/C=C(/C#N)c3nc4cc(C)c(C)cc4[nH]3)c2C)cc1. The van der Waals surface area contributed by atoms with E-state index in [0.29, 0.717) is 18.0 Å². The second-order valence-corrected chi connectivity index (χ2v) is 7.80. The molecule has 2 heterocycles. The predicted octanol–water partition coefficient (Wildman–Crippen LogP) is 6.05. The number of nitriles is 1. The molecule has 0 saturated carbocycles. The van der Waals surface area contributed by atoms with Crippen molar-refractivity contribution in [3.63, 3.8) is 0 Å². The van der Waals surface area contributed by atoms with Crippen molar-refractivity contribution in [2.24, 2.45) is 0 Å². The van der Waals surface area contributed by atoms with Crippen LogP contribution in [0.25, 0.3) is 28.4 Å². The Labute approximate surface area is 182 Å². The second kappa shape index (κ2) is 8.16. The number of imidazole rings is 1. The number of H-pyrrole nitrogens is 1. The minimum atomic E-state index is 0.512. The molecule has 156 valence electrons. The highest BCUT2D eigenvalue weighted by Gasteiger charge is 2.13. The fourth-order valence-corrected chi connectivity index (χ4v) is 3.90. The molecule has 0 spiro atoms. The molecule has 0 aliphatic heterocycles. The number of nitrogens with one attached hydrogen (secondary N) is 1. The van der Waals surface area contributed by atoms with Crippen molar-refractivity contribution in [1.29, 1.82) is 5.26 Å². The Morgan fingerprint density at radius 2 is 1.81 bits per heavy atom. The van der Waals surface area contributed by atoms with Crippen LogP contribution in [0.1, 0.15) is 40.8 Å². The van der Waals surface area contributed by atoms with Crippen molar-refractivity contribution in [2.45, 2.75) is 34.6 Å². The van der Waals surface area contributed by atoms with Gasteiger partial charge in [-0.1, -0.05) is 0 Å². The molecule has 31 heavy (non-hydrogen) atoms. The summed E-state index contributed by atoms with van der Waals surface area (Å²) in [5.41, 5.74) is 8.94. The lowest BCUT2D eigenvalue weighted by Crippen LogP contribution is -1.99. The smallest absolute Gasteiger partial charge is 0.149 e. The first-order valence-corrected chi connectivity index (χ1v) is 10.4. The molecule has 5 nitrogen and oxygen atoms in total. The van der Waals surface area contributed by atoms with Gasteiger partial charge >= 0.3 is 0 Å². The van der Waals surface area contributed by atoms with Gasteiger partial charge in [-0.15, -0.1) is 0 Å². The first kappa shape index (κ1) is 20.5. The van der Waals surface area contributed by atoms with E-state index in [1.807, 2.05) is 37.3 Å². The highest BCUT2D eigenvalue weighted by molar-refractivity contribution is 5.91. The summed E-state index contributed by atoms with van der Waals surface area (Å²) < 4.78 is 7.74. The van der Waals surface area contributed by atoms with Crippen molar-refractivity contribution in [1.82, 2.24) is 14.5 Å². The molecular weight excluding hydrogens is 384 g/mol. The molecule has 1 N–H and O–H groups in total. The minimum absolute atomic E-state index is 0.512. The Kier molecular flexibility index (Phi) is 5.39. The molecule has 4 aromatic rings. The van der Waals surface area contributed by atoms with E-state index < -0.39 is 0 Å². The topological polar surface area (TPSA) is 66.6 Å². The molecule has 0 radical (unpaired) electrons. The number of ether oxygens (including phenoxy) is 1. The van der Waals surface area contributed by atoms with Crippen LogP contribution >= 0.6 is 0 Å². The van der Waals surface area contributed by atoms with E-state index in [-0.39, 0.29) is 0 Å². The number of allylic oxidation sites excluding steroid dienone is 1. The van der Waals surface area contributed by atoms with Crippen LogP contribution in [0.15, 0.2) is 42.5 Å². The van der Waals surface area contributed by atoms with Gasteiger partial charge in [0.05, 0.1) is 23.2 Å². The van der Waals surface area contributed by atoms with Gasteiger partial charge in [0.1, 0.15) is 17.6 Å². The Bertz CT molecular complexity index is 1290. The number of fused-ring (bicyclic) bond motifs is 1. The van der Waals surface area contributed by atoms with Crippen molar-refractivity contribution in [2.75, 3.05) is 6.61 Å². The summed E-state index contributed by atoms with van der Waals surface area (Å²) in [5, 5.41) is 9.84. The molecule has 5 heteroatoms. The Morgan fingerprint density at radius 1 is 1.10 bits per heavy atom. The third-order valence-electron chi connectivity index (χ3n) is 5.65. The van der Waals surface area contributed by atoms with Gasteiger partial charge in [-0.2, -0.15) is 5.26 Å². The molecule has 0 fully saturated rings. The fourth-order valence-electron chi connectivity index (χ4n) is 3.90. The summed E-state index contributed by atoms with van der Waals surface area (Å²) in [6.07, 6.45) is 1.91. The lowest BCUT2D eigenvalue weighted by atomic mass is 10.1. The third kappa shape index (κ3) is 3.85. The summed E-state index contributed by atoms with van der Waals surface area (Å²) in [4.78, 5) is 7.96. The average molecular weight is 411 g/mol. The van der Waals surface area contributed by atoms with Gasteiger partial charge in [0.25, 0.3) is 0 Å². The molecular formula is C26H26N4O. The normalized spacial score (nSPS) is 11.7. The summed E-state index contributed by atoms with van der Waals surface area (Å²) in [6, 6.07) is 16.6. The maximum absolute atomic E-state index is 9.84. The summed E-state index contributed by atoms with van der Waals surface area (Å²) in [6.45, 7) is 10.9. The van der Waals surface area contributed by atoms with Crippen molar-refractivity contribution < 1.29 is 4.74 Å². The number of hydrogen-bond donors (Lipinski definition) is 1. The Hall–Kier alpha value is -3.78. The number of benzene rings is 2. The molecule has 0 amide bonds. The van der Waals surface area contributed by atoms with Crippen molar-refractivity contribution >= 4 is 22.7 Å². The highest BCUT2D eigenvalue weighted by Crippen LogP contribution is 2.27. The average Bonchev–Trinajstić information content (AvgIpc) is 3.27. The molecule has 2 aromatic heterocycles. The van der Waals surface area contributed by atoms with Crippen LogP contribution in [0, 0.1) is 39.0 Å². The molecule has 0 saturated heterocycles. The lowest BCUT2D eigenvalue weighted by Gasteiger charge is -2.11. The number of aromatic nitrogens is 3. The molecule has 2 aromatic carbocycles. The Balaban J connectivity index is 1.74. The van der Waals surface area contributed by atoms with Gasteiger partial charge in [-0.05, 0) is 99.8 Å². The van der Waals surface area contributed by atoms with E-state index in [1.165, 1.54) is 11.1 Å². The van der Waals surface area contributed by atoms with Gasteiger partial charge in [-0.3, -0.25) is 0 Å². The highest BCUT2D eigenvalue weighted by atomic mass is 16.5. The standard InChI is InChI=1S/C26H26N4O/c1-6-31-23-9-7-22(8-10-23)30-18(4)13-20(19(30)5)14-21(15-27)26-28-24-11-16(2)17(3)12-25(24)29-26/h7-14H,6H2,1-5H3,(H,28,29)/b21-14-. The van der Waals surface area contributed by atoms with E-state index in [9.17, 15) is 5.26 Å². The van der Waals surface area contributed by atoms with Gasteiger partial charge < -0.3 is 14.3 Å². The molecule has 0 aliphatic rings. The van der Waals surface area contributed by atoms with Crippen LogP contribution in [0.5, 0.6) is 5.75 Å². The molecule has 0 bridgehead atoms. The van der Waals surface area contributed by atoms with Crippen LogP contribution in [-0.2, 0) is 0 Å². The van der Waals surface area contributed by atoms with Crippen LogP contribution < -0.4 is 4.74 Å². The monoisotopic (exact) mass is 410 g/mol. The van der Waals surface area contributed by atoms with Crippen molar-refractivity contribution in [3.05, 3.63) is 76.4 Å². The number of rotatable bonds is 5. The third-order valence-corrected chi connectivity index (χ3v) is 5.65. The van der Waals surface area contributed by atoms with Crippen LogP contribution in [0.4, 0.5) is 0 Å². The largest absolute Gasteiger partial charge is 0.494 e. The first-order chi connectivity index (χ1) is 14.9. The molecule has 0 unspecified atom stereocenters. The predicted molar refractivity (Wildman–Crippen MR) is 125 cm³/mol. The number of nitrogens with zero attached hydrogens (tertiary/aromatic N) is 3. The van der Waals surface area contributed by atoms with E-state index in [1.54, 1.807) is 0 Å². The second-order valence-electron chi connectivity index (χ2n) is 7.80. The van der Waals surface area contributed by atoms with Gasteiger partial charge in [0, 0.05) is 17.1 Å². The van der Waals surface area contributed by atoms with Gasteiger partial charge in [0.2, 0.25) is 0 Å². The number of hydrogen-bond acceptors (Lipinski definition) is 3. The quantitative estimate of drug-likeness (QED) is 0.407. The number of aromatic amines is 1. The van der Waals surface area contributed by atoms with Crippen LogP contribution in [0.3, 0.4) is 0 Å². The zero-order valence-corrected chi connectivity index (χ0v) is 18.6. The zero-order valence-electron chi connectivity index (χ0n) is 18.6. The zero-order chi connectivity index (χ0) is 22.1. The molecule has 0 atom stereocenters. The van der Waals surface area contributed by atoms with E-state index in [4.69, 9.17) is 4.74 Å². The first-order valence-electron chi connectivity index (χ1n) is 10.4. The summed E-state index contributed by atoms with van der Waals surface area (Å²) in [7, 11) is 0. The Morgan fingerprint density at radius 3 is 2.48 bits per heavy atom. The summed E-state index contributed by atoms with van der Waals surface area (Å²) in [5.74, 6) is 1.45. The van der Waals surface area contributed by atoms with Crippen molar-refractivity contribution in [3.8, 4) is 17.5 Å². The van der Waals surface area contributed by atoms with Crippen LogP contribution in [0.2, 0.25) is 0 Å². The number of aryl methyl sites for hydroxylation is 3. The van der Waals surface area contributed by atoms with Gasteiger partial charge in [0.15, 0.2) is 0 Å².